The van der Waals surface area contributed by atoms with Crippen molar-refractivity contribution in [2.24, 2.45) is 0 Å². The molecule has 1 aliphatic heterocycles. The van der Waals surface area contributed by atoms with Gasteiger partial charge in [0.15, 0.2) is 8.32 Å². The van der Waals surface area contributed by atoms with Crippen LogP contribution in [-0.2, 0) is 24.0 Å². The smallest absolute Gasteiger partial charge is 0.325 e. The Balaban J connectivity index is 1.99. The molecule has 1 saturated heterocycles. The van der Waals surface area contributed by atoms with Crippen molar-refractivity contribution in [2.75, 3.05) is 17.1 Å². The first-order valence-electron chi connectivity index (χ1n) is 15.5. The number of nitrogens with one attached hydrogen (secondary N) is 1. The van der Waals surface area contributed by atoms with E-state index >= 15 is 0 Å². The zero-order chi connectivity index (χ0) is 36.6. The molecule has 3 aromatic carbocycles. The van der Waals surface area contributed by atoms with Crippen LogP contribution >= 0.6 is 23.2 Å². The van der Waals surface area contributed by atoms with E-state index < -0.39 is 77.2 Å². The summed E-state index contributed by atoms with van der Waals surface area (Å²) in [4.78, 5) is 28.0. The lowest BCUT2D eigenvalue weighted by molar-refractivity contribution is -0.145. The Labute approximate surface area is 297 Å². The average molecular weight is 757 g/mol. The highest BCUT2D eigenvalue weighted by molar-refractivity contribution is 7.92. The van der Waals surface area contributed by atoms with Crippen LogP contribution in [0.5, 0.6) is 0 Å². The number of aliphatic carboxylic acids is 1. The van der Waals surface area contributed by atoms with Crippen molar-refractivity contribution < 1.29 is 36.3 Å². The molecule has 2 N–H and O–H groups in total. The Morgan fingerprint density at radius 2 is 1.45 bits per heavy atom. The first-order valence-corrected chi connectivity index (χ1v) is 21.0. The van der Waals surface area contributed by atoms with Crippen LogP contribution < -0.4 is 9.62 Å². The number of rotatable bonds is 12. The summed E-state index contributed by atoms with van der Waals surface area (Å²) in [5, 5.41) is 12.7. The first-order chi connectivity index (χ1) is 22.6. The third-order valence-corrected chi connectivity index (χ3v) is 15.3. The molecule has 0 saturated carbocycles. The van der Waals surface area contributed by atoms with Crippen molar-refractivity contribution in [3.05, 3.63) is 99.5 Å². The summed E-state index contributed by atoms with van der Waals surface area (Å²) < 4.78 is 64.0. The summed E-state index contributed by atoms with van der Waals surface area (Å²) in [6.45, 7) is 11.0. The molecule has 4 atom stereocenters. The number of carbonyl (C=O) groups is 2. The fourth-order valence-corrected chi connectivity index (χ4v) is 8.34. The maximum Gasteiger partial charge on any atom is 0.325 e. The third kappa shape index (κ3) is 8.81. The minimum Gasteiger partial charge on any atom is -0.480 e. The lowest BCUT2D eigenvalue weighted by atomic mass is 9.84. The van der Waals surface area contributed by atoms with Crippen LogP contribution in [0.1, 0.15) is 44.9 Å². The van der Waals surface area contributed by atoms with Crippen LogP contribution in [0.4, 0.5) is 14.5 Å². The highest BCUT2D eigenvalue weighted by atomic mass is 35.5. The van der Waals surface area contributed by atoms with Gasteiger partial charge in [0, 0.05) is 22.7 Å². The van der Waals surface area contributed by atoms with Crippen LogP contribution in [0.2, 0.25) is 28.2 Å². The number of halogens is 4. The molecule has 0 aliphatic carbocycles. The Kier molecular flexibility index (Phi) is 11.6. The number of amides is 1. The number of likely N-dealkylation sites (tertiary alicyclic amines) is 1. The van der Waals surface area contributed by atoms with Gasteiger partial charge in [0.05, 0.1) is 30.1 Å². The van der Waals surface area contributed by atoms with Gasteiger partial charge < -0.3 is 14.8 Å². The molecule has 0 aromatic heterocycles. The van der Waals surface area contributed by atoms with Crippen LogP contribution in [0.25, 0.3) is 0 Å². The quantitative estimate of drug-likeness (QED) is 0.194. The monoisotopic (exact) mass is 755 g/mol. The SMILES string of the molecule is CC(NC(=O)C(O[Si](C)(C)C(C)(C)C)C1C(N(c2cc(F)cc(F)c2)S(C)(=O)=O)CN1C(c1ccc(Cl)cc1)c1ccc(Cl)cc1)C(=O)O. The molecule has 15 heteroatoms. The lowest BCUT2D eigenvalue weighted by Gasteiger charge is -2.58. The summed E-state index contributed by atoms with van der Waals surface area (Å²) in [6, 6.07) is 12.4. The van der Waals surface area contributed by atoms with Crippen LogP contribution in [0.15, 0.2) is 66.7 Å². The van der Waals surface area contributed by atoms with Crippen LogP contribution in [0.3, 0.4) is 0 Å². The van der Waals surface area contributed by atoms with Gasteiger partial charge in [-0.3, -0.25) is 18.8 Å². The van der Waals surface area contributed by atoms with Gasteiger partial charge in [0.25, 0.3) is 0 Å². The van der Waals surface area contributed by atoms with Crippen LogP contribution in [-0.4, -0.2) is 75.6 Å². The minimum absolute atomic E-state index is 0.00901. The molecular weight excluding hydrogens is 715 g/mol. The van der Waals surface area contributed by atoms with Crippen molar-refractivity contribution in [1.29, 1.82) is 0 Å². The van der Waals surface area contributed by atoms with Gasteiger partial charge in [-0.1, -0.05) is 68.2 Å². The summed E-state index contributed by atoms with van der Waals surface area (Å²) in [7, 11) is -7.09. The largest absolute Gasteiger partial charge is 0.480 e. The van der Waals surface area contributed by atoms with Crippen molar-refractivity contribution in [2.45, 2.75) is 76.1 Å². The van der Waals surface area contributed by atoms with Crippen molar-refractivity contribution in [3.63, 3.8) is 0 Å². The summed E-state index contributed by atoms with van der Waals surface area (Å²) >= 11 is 12.5. The second-order valence-electron chi connectivity index (χ2n) is 13.8. The van der Waals surface area contributed by atoms with E-state index in [1.54, 1.807) is 48.5 Å². The second-order valence-corrected chi connectivity index (χ2v) is 21.3. The van der Waals surface area contributed by atoms with Gasteiger partial charge in [-0.15, -0.1) is 0 Å². The lowest BCUT2D eigenvalue weighted by Crippen LogP contribution is -2.75. The molecule has 0 bridgehead atoms. The summed E-state index contributed by atoms with van der Waals surface area (Å²) in [6.07, 6.45) is -0.506. The van der Waals surface area contributed by atoms with E-state index in [1.165, 1.54) is 6.92 Å². The zero-order valence-corrected chi connectivity index (χ0v) is 31.6. The van der Waals surface area contributed by atoms with Gasteiger partial charge in [-0.25, -0.2) is 17.2 Å². The Hall–Kier alpha value is -3.07. The van der Waals surface area contributed by atoms with Gasteiger partial charge in [0.1, 0.15) is 23.8 Å². The molecule has 1 fully saturated rings. The molecule has 1 heterocycles. The molecule has 9 nitrogen and oxygen atoms in total. The van der Waals surface area contributed by atoms with E-state index in [4.69, 9.17) is 27.6 Å². The molecular formula is C34H41Cl2F2N3O6SSi. The number of anilines is 1. The van der Waals surface area contributed by atoms with E-state index in [9.17, 15) is 31.9 Å². The van der Waals surface area contributed by atoms with Gasteiger partial charge in [-0.05, 0) is 72.6 Å². The number of hydrogen-bond donors (Lipinski definition) is 2. The normalized spacial score (nSPS) is 18.4. The van der Waals surface area contributed by atoms with Crippen molar-refractivity contribution >= 4 is 59.1 Å². The van der Waals surface area contributed by atoms with E-state index in [-0.39, 0.29) is 12.2 Å². The topological polar surface area (TPSA) is 116 Å². The molecule has 4 unspecified atom stereocenters. The molecule has 0 spiro atoms. The van der Waals surface area contributed by atoms with E-state index in [2.05, 4.69) is 5.32 Å². The van der Waals surface area contributed by atoms with Crippen molar-refractivity contribution in [3.8, 4) is 0 Å². The highest BCUT2D eigenvalue weighted by Gasteiger charge is 2.56. The molecule has 266 valence electrons. The van der Waals surface area contributed by atoms with Gasteiger partial charge >= 0.3 is 5.97 Å². The number of hydrogen-bond acceptors (Lipinski definition) is 6. The highest BCUT2D eigenvalue weighted by Crippen LogP contribution is 2.45. The fourth-order valence-electron chi connectivity index (χ4n) is 5.69. The Morgan fingerprint density at radius 3 is 1.86 bits per heavy atom. The van der Waals surface area contributed by atoms with E-state index in [0.717, 1.165) is 33.8 Å². The molecule has 3 aromatic rings. The molecule has 1 amide bonds. The third-order valence-electron chi connectivity index (χ3n) is 9.16. The average Bonchev–Trinajstić information content (AvgIpc) is 2.95. The standard InChI is InChI=1S/C34H41Cl2F2N3O6SSi/c1-20(33(43)44)39-32(42)31(47-49(6,7)34(2,3)4)30-28(41(48(5,45)46)27-17-25(37)16-26(38)18-27)19-40(30)29(21-8-12-23(35)13-9-21)22-10-14-24(36)15-11-22/h8-18,20,28-31H,19H2,1-7H3,(H,39,42)(H,43,44). The summed E-state index contributed by atoms with van der Waals surface area (Å²) in [5.74, 6) is -4.03. The number of benzene rings is 3. The maximum absolute atomic E-state index is 14.6. The number of carbonyl (C=O) groups excluding carboxylic acids is 1. The molecule has 1 aliphatic rings. The predicted octanol–water partition coefficient (Wildman–Crippen LogP) is 6.86. The molecule has 49 heavy (non-hydrogen) atoms. The predicted molar refractivity (Wildman–Crippen MR) is 190 cm³/mol. The maximum atomic E-state index is 14.6. The van der Waals surface area contributed by atoms with Crippen molar-refractivity contribution in [1.82, 2.24) is 10.2 Å². The molecule has 4 rings (SSSR count). The van der Waals surface area contributed by atoms with Gasteiger partial charge in [-0.2, -0.15) is 0 Å². The Bertz CT molecular complexity index is 1730. The first kappa shape index (κ1) is 38.7. The van der Waals surface area contributed by atoms with Gasteiger partial charge in [0.2, 0.25) is 15.9 Å². The Morgan fingerprint density at radius 1 is 0.980 bits per heavy atom. The number of sulfonamides is 1. The zero-order valence-electron chi connectivity index (χ0n) is 28.2. The van der Waals surface area contributed by atoms with E-state index in [1.807, 2.05) is 38.8 Å². The number of carboxylic acid groups (broad SMARTS) is 1. The minimum atomic E-state index is -4.23. The van der Waals surface area contributed by atoms with E-state index in [0.29, 0.717) is 16.1 Å². The second kappa shape index (κ2) is 14.6. The number of nitrogens with zero attached hydrogens (tertiary/aromatic N) is 2. The molecule has 0 radical (unpaired) electrons. The fraction of sp³-hybridized carbons (Fsp3) is 0.412. The summed E-state index contributed by atoms with van der Waals surface area (Å²) in [5.41, 5.74) is 1.21. The van der Waals surface area contributed by atoms with Crippen LogP contribution in [0, 0.1) is 11.6 Å². The number of carboxylic acids is 1.